The summed E-state index contributed by atoms with van der Waals surface area (Å²) in [7, 11) is 0. The zero-order valence-electron chi connectivity index (χ0n) is 27.7. The van der Waals surface area contributed by atoms with Gasteiger partial charge in [0, 0.05) is 59.5 Å². The number of aliphatic hydroxyl groups excluding tert-OH is 2. The van der Waals surface area contributed by atoms with E-state index < -0.39 is 69.1 Å². The fraction of sp³-hybridized carbons (Fsp3) is 0.222. The second kappa shape index (κ2) is 14.9. The van der Waals surface area contributed by atoms with Gasteiger partial charge in [0.05, 0.1) is 23.1 Å². The Labute approximate surface area is 300 Å². The number of para-hydroxylation sites is 2. The largest absolute Gasteiger partial charge is 0.423 e. The molecule has 284 valence electrons. The molecule has 0 saturated heterocycles. The van der Waals surface area contributed by atoms with Gasteiger partial charge in [-0.1, -0.05) is 84.9 Å². The molecule has 0 aliphatic carbocycles. The monoisotopic (exact) mass is 760 g/mol. The summed E-state index contributed by atoms with van der Waals surface area (Å²) in [5.41, 5.74) is -7.83. The third-order valence-corrected chi connectivity index (χ3v) is 8.83. The first-order chi connectivity index (χ1) is 25.4. The molecular weight excluding hydrogens is 730 g/mol. The minimum atomic E-state index is -5.17. The lowest BCUT2D eigenvalue weighted by Gasteiger charge is -2.28. The van der Waals surface area contributed by atoms with Crippen LogP contribution >= 0.6 is 0 Å². The van der Waals surface area contributed by atoms with Crippen molar-refractivity contribution in [3.8, 4) is 0 Å². The molecule has 0 fully saturated rings. The van der Waals surface area contributed by atoms with Gasteiger partial charge >= 0.3 is 12.4 Å². The van der Waals surface area contributed by atoms with E-state index in [1.54, 1.807) is 60.7 Å². The van der Waals surface area contributed by atoms with Crippen LogP contribution in [-0.2, 0) is 24.3 Å². The smallest absolute Gasteiger partial charge is 0.393 e. The van der Waals surface area contributed by atoms with Crippen LogP contribution in [0.4, 0.5) is 37.7 Å². The summed E-state index contributed by atoms with van der Waals surface area (Å²) >= 11 is 0. The number of nitrogens with zero attached hydrogens (tertiary/aromatic N) is 4. The maximum absolute atomic E-state index is 13.5. The van der Waals surface area contributed by atoms with Crippen molar-refractivity contribution in [2.45, 2.75) is 36.6 Å². The molecule has 6 rings (SSSR count). The Bertz CT molecular complexity index is 2130. The van der Waals surface area contributed by atoms with Gasteiger partial charge in [-0.05, 0) is 11.1 Å². The van der Waals surface area contributed by atoms with Gasteiger partial charge in [0.2, 0.25) is 11.2 Å². The zero-order valence-corrected chi connectivity index (χ0v) is 27.7. The number of alkyl halides is 6. The summed E-state index contributed by atoms with van der Waals surface area (Å²) in [6.45, 7) is -3.10. The summed E-state index contributed by atoms with van der Waals surface area (Å²) in [6.07, 6.45) is -8.32. The SMILES string of the molecule is O=[N+]([O-])c1cccc2c(C(O)(CO)C(F)(F)F)cn(Cc3ccccc3)c12.O=[N+]([O-])c1cccc2c(C(O)(CO)C(F)(F)F)cn(Cc3ccccc3)c12. The van der Waals surface area contributed by atoms with Crippen LogP contribution in [0.15, 0.2) is 109 Å². The first-order valence-corrected chi connectivity index (χ1v) is 15.8. The Morgan fingerprint density at radius 2 is 0.870 bits per heavy atom. The number of fused-ring (bicyclic) bond motifs is 2. The average molecular weight is 761 g/mol. The highest BCUT2D eigenvalue weighted by atomic mass is 19.4. The van der Waals surface area contributed by atoms with E-state index in [1.165, 1.54) is 45.5 Å². The molecule has 0 radical (unpaired) electrons. The van der Waals surface area contributed by atoms with Gasteiger partial charge in [-0.25, -0.2) is 0 Å². The number of rotatable bonds is 10. The number of aliphatic hydroxyl groups is 4. The molecule has 6 aromatic rings. The molecule has 2 atom stereocenters. The van der Waals surface area contributed by atoms with Crippen LogP contribution in [0.25, 0.3) is 21.8 Å². The van der Waals surface area contributed by atoms with Crippen molar-refractivity contribution in [1.29, 1.82) is 0 Å². The Balaban J connectivity index is 0.000000208. The summed E-state index contributed by atoms with van der Waals surface area (Å²) in [4.78, 5) is 21.4. The highest BCUT2D eigenvalue weighted by Gasteiger charge is 2.57. The summed E-state index contributed by atoms with van der Waals surface area (Å²) in [6, 6.07) is 24.7. The summed E-state index contributed by atoms with van der Waals surface area (Å²) in [5.74, 6) is 0. The molecule has 0 bridgehead atoms. The van der Waals surface area contributed by atoms with Crippen molar-refractivity contribution >= 4 is 33.2 Å². The van der Waals surface area contributed by atoms with Crippen molar-refractivity contribution in [3.05, 3.63) is 152 Å². The minimum Gasteiger partial charge on any atom is -0.393 e. The van der Waals surface area contributed by atoms with Crippen molar-refractivity contribution in [3.63, 3.8) is 0 Å². The molecule has 54 heavy (non-hydrogen) atoms. The van der Waals surface area contributed by atoms with Crippen LogP contribution < -0.4 is 0 Å². The van der Waals surface area contributed by atoms with Gasteiger partial charge in [-0.2, -0.15) is 26.3 Å². The third kappa shape index (κ3) is 7.23. The molecule has 0 amide bonds. The molecule has 2 unspecified atom stereocenters. The predicted molar refractivity (Wildman–Crippen MR) is 182 cm³/mol. The Morgan fingerprint density at radius 3 is 1.15 bits per heavy atom. The van der Waals surface area contributed by atoms with E-state index >= 15 is 0 Å². The number of nitro benzene ring substituents is 2. The lowest BCUT2D eigenvalue weighted by molar-refractivity contribution is -0.383. The van der Waals surface area contributed by atoms with Gasteiger partial charge in [-0.3, -0.25) is 20.2 Å². The van der Waals surface area contributed by atoms with E-state index in [4.69, 9.17) is 0 Å². The van der Waals surface area contributed by atoms with Crippen molar-refractivity contribution in [2.75, 3.05) is 13.2 Å². The van der Waals surface area contributed by atoms with Gasteiger partial charge in [0.1, 0.15) is 11.0 Å². The number of halogens is 6. The topological polar surface area (TPSA) is 177 Å². The van der Waals surface area contributed by atoms with E-state index in [-0.39, 0.29) is 34.9 Å². The number of aromatic nitrogens is 2. The van der Waals surface area contributed by atoms with Gasteiger partial charge in [0.25, 0.3) is 11.4 Å². The Morgan fingerprint density at radius 1 is 0.537 bits per heavy atom. The van der Waals surface area contributed by atoms with Gasteiger partial charge < -0.3 is 29.6 Å². The fourth-order valence-electron chi connectivity index (χ4n) is 6.10. The van der Waals surface area contributed by atoms with Gasteiger partial charge in [-0.15, -0.1) is 0 Å². The highest BCUT2D eigenvalue weighted by Crippen LogP contribution is 2.45. The van der Waals surface area contributed by atoms with Crippen molar-refractivity contribution in [2.24, 2.45) is 0 Å². The maximum Gasteiger partial charge on any atom is 0.423 e. The molecule has 2 heterocycles. The molecule has 4 aromatic carbocycles. The van der Waals surface area contributed by atoms with Gasteiger partial charge in [0.15, 0.2) is 0 Å². The molecule has 0 saturated carbocycles. The molecule has 4 N–H and O–H groups in total. The van der Waals surface area contributed by atoms with Crippen LogP contribution in [0.1, 0.15) is 22.3 Å². The second-order valence-corrected chi connectivity index (χ2v) is 12.2. The second-order valence-electron chi connectivity index (χ2n) is 12.2. The maximum atomic E-state index is 13.5. The predicted octanol–water partition coefficient (Wildman–Crippen LogP) is 6.68. The normalized spacial score (nSPS) is 14.3. The van der Waals surface area contributed by atoms with Crippen LogP contribution in [0, 0.1) is 20.2 Å². The highest BCUT2D eigenvalue weighted by molar-refractivity contribution is 5.93. The summed E-state index contributed by atoms with van der Waals surface area (Å²) < 4.78 is 83.3. The number of nitro groups is 2. The van der Waals surface area contributed by atoms with Crippen molar-refractivity contribution < 1.29 is 56.6 Å². The van der Waals surface area contributed by atoms with E-state index in [9.17, 15) is 67.0 Å². The molecule has 18 heteroatoms. The number of non-ortho nitro benzene ring substituents is 2. The molecule has 0 aliphatic heterocycles. The number of hydrogen-bond donors (Lipinski definition) is 4. The third-order valence-electron chi connectivity index (χ3n) is 8.83. The molecule has 2 aromatic heterocycles. The van der Waals surface area contributed by atoms with Crippen LogP contribution in [-0.4, -0.2) is 65.0 Å². The van der Waals surface area contributed by atoms with Crippen LogP contribution in [0.2, 0.25) is 0 Å². The number of benzene rings is 4. The molecule has 0 aliphatic rings. The lowest BCUT2D eigenvalue weighted by Crippen LogP contribution is -2.45. The Hall–Kier alpha value is -5.82. The first kappa shape index (κ1) is 39.4. The van der Waals surface area contributed by atoms with Crippen LogP contribution in [0.3, 0.4) is 0 Å². The minimum absolute atomic E-state index is 0.0571. The standard InChI is InChI=1S/2C18H15F3N2O4/c2*19-18(20,21)17(25,11-24)14-10-22(9-12-5-2-1-3-6-12)16-13(14)7-4-8-15(16)23(26)27/h2*1-8,10,24-25H,9,11H2. The molecular formula is C36H30F6N4O8. The number of hydrogen-bond acceptors (Lipinski definition) is 8. The fourth-order valence-corrected chi connectivity index (χ4v) is 6.10. The zero-order chi connectivity index (χ0) is 39.6. The lowest BCUT2D eigenvalue weighted by atomic mass is 9.93. The van der Waals surface area contributed by atoms with E-state index in [1.807, 2.05) is 0 Å². The molecule has 0 spiro atoms. The van der Waals surface area contributed by atoms with Crippen LogP contribution in [0.5, 0.6) is 0 Å². The average Bonchev–Trinajstić information content (AvgIpc) is 3.70. The molecule has 12 nitrogen and oxygen atoms in total. The van der Waals surface area contributed by atoms with E-state index in [0.29, 0.717) is 11.1 Å². The Kier molecular flexibility index (Phi) is 10.9. The van der Waals surface area contributed by atoms with Crippen molar-refractivity contribution in [1.82, 2.24) is 9.13 Å². The summed E-state index contributed by atoms with van der Waals surface area (Å²) in [5, 5.41) is 61.5. The quantitative estimate of drug-likeness (QED) is 0.0679. The van der Waals surface area contributed by atoms with E-state index in [0.717, 1.165) is 12.4 Å². The van der Waals surface area contributed by atoms with E-state index in [2.05, 4.69) is 0 Å². The first-order valence-electron chi connectivity index (χ1n) is 15.8.